The number of hydrogen-bond acceptors (Lipinski definition) is 7. The minimum atomic E-state index is -2.88. The van der Waals surface area contributed by atoms with Crippen LogP contribution in [0.4, 0.5) is 8.78 Å². The highest BCUT2D eigenvalue weighted by molar-refractivity contribution is 5.72. The van der Waals surface area contributed by atoms with Gasteiger partial charge in [0.15, 0.2) is 23.3 Å². The van der Waals surface area contributed by atoms with Crippen LogP contribution in [0.5, 0.6) is 23.0 Å². The molecule has 0 radical (unpaired) electrons. The Morgan fingerprint density at radius 3 is 2.68 bits per heavy atom. The SMILES string of the molecule is COc1cc(Cn2cnc3cc(C#CC(C)(C)N)cnc32)cc2c1OC(c1ccc(OC(F)F)cc1)CO2. The molecule has 0 bridgehead atoms. The predicted molar refractivity (Wildman–Crippen MR) is 137 cm³/mol. The number of aromatic nitrogens is 3. The van der Waals surface area contributed by atoms with E-state index in [0.717, 1.165) is 27.9 Å². The van der Waals surface area contributed by atoms with Gasteiger partial charge in [0, 0.05) is 11.8 Å². The topological polar surface area (TPSA) is 93.7 Å². The number of nitrogens with zero attached hydrogens (tertiary/aromatic N) is 3. The Hall–Kier alpha value is -4.36. The molecule has 0 fully saturated rings. The van der Waals surface area contributed by atoms with Crippen molar-refractivity contribution in [2.75, 3.05) is 13.7 Å². The summed E-state index contributed by atoms with van der Waals surface area (Å²) in [6, 6.07) is 11.9. The largest absolute Gasteiger partial charge is 0.493 e. The molecule has 1 aliphatic rings. The first-order valence-corrected chi connectivity index (χ1v) is 11.9. The standard InChI is InChI=1S/C28H26F2N4O4/c1-28(2,31)9-8-17-10-21-26(32-13-17)34(16-33-21)14-18-11-22(35-3)25-23(12-18)36-15-24(38-25)19-4-6-20(7-5-19)37-27(29)30/h4-7,10-13,16,24,27H,14-15,31H2,1-3H3. The molecule has 4 aromatic rings. The number of fused-ring (bicyclic) bond motifs is 2. The Morgan fingerprint density at radius 1 is 1.18 bits per heavy atom. The maximum atomic E-state index is 12.4. The van der Waals surface area contributed by atoms with Gasteiger partial charge < -0.3 is 29.2 Å². The lowest BCUT2D eigenvalue weighted by Crippen LogP contribution is -2.29. The molecule has 0 saturated heterocycles. The Balaban J connectivity index is 1.35. The zero-order chi connectivity index (χ0) is 26.9. The van der Waals surface area contributed by atoms with E-state index in [4.69, 9.17) is 19.9 Å². The van der Waals surface area contributed by atoms with E-state index < -0.39 is 18.3 Å². The van der Waals surface area contributed by atoms with Crippen molar-refractivity contribution in [1.29, 1.82) is 0 Å². The van der Waals surface area contributed by atoms with Crippen LogP contribution >= 0.6 is 0 Å². The van der Waals surface area contributed by atoms with Gasteiger partial charge in [0.1, 0.15) is 17.9 Å². The summed E-state index contributed by atoms with van der Waals surface area (Å²) in [6.07, 6.45) is 2.99. The Labute approximate surface area is 218 Å². The lowest BCUT2D eigenvalue weighted by molar-refractivity contribution is -0.0498. The molecule has 2 aromatic carbocycles. The highest BCUT2D eigenvalue weighted by Crippen LogP contribution is 2.44. The van der Waals surface area contributed by atoms with Gasteiger partial charge in [-0.05, 0) is 55.3 Å². The number of nitrogens with two attached hydrogens (primary N) is 1. The molecule has 0 aliphatic carbocycles. The molecule has 1 unspecified atom stereocenters. The van der Waals surface area contributed by atoms with Crippen molar-refractivity contribution < 1.29 is 27.7 Å². The molecule has 3 heterocycles. The van der Waals surface area contributed by atoms with Crippen molar-refractivity contribution in [2.24, 2.45) is 5.73 Å². The molecule has 196 valence electrons. The highest BCUT2D eigenvalue weighted by atomic mass is 19.3. The van der Waals surface area contributed by atoms with Gasteiger partial charge in [-0.2, -0.15) is 8.78 Å². The molecule has 2 N–H and O–H groups in total. The van der Waals surface area contributed by atoms with E-state index in [1.807, 2.05) is 36.6 Å². The van der Waals surface area contributed by atoms with Gasteiger partial charge in [-0.25, -0.2) is 9.97 Å². The fraction of sp³-hybridized carbons (Fsp3) is 0.286. The van der Waals surface area contributed by atoms with Crippen LogP contribution < -0.4 is 24.7 Å². The summed E-state index contributed by atoms with van der Waals surface area (Å²) in [4.78, 5) is 9.03. The normalized spacial score (nSPS) is 14.8. The van der Waals surface area contributed by atoms with E-state index in [0.29, 0.717) is 23.8 Å². The number of ether oxygens (including phenoxy) is 4. The fourth-order valence-electron chi connectivity index (χ4n) is 4.03. The highest BCUT2D eigenvalue weighted by Gasteiger charge is 2.27. The van der Waals surface area contributed by atoms with E-state index in [2.05, 4.69) is 26.5 Å². The van der Waals surface area contributed by atoms with Crippen LogP contribution in [0.15, 0.2) is 55.0 Å². The second-order valence-electron chi connectivity index (χ2n) is 9.40. The van der Waals surface area contributed by atoms with Crippen LogP contribution in [0.1, 0.15) is 36.6 Å². The molecule has 1 atom stereocenters. The third kappa shape index (κ3) is 5.63. The van der Waals surface area contributed by atoms with Crippen LogP contribution in [-0.2, 0) is 6.54 Å². The Morgan fingerprint density at radius 2 is 1.97 bits per heavy atom. The average molecular weight is 521 g/mol. The number of methoxy groups -OCH3 is 1. The van der Waals surface area contributed by atoms with Crippen molar-refractivity contribution in [3.05, 3.63) is 71.7 Å². The zero-order valence-electron chi connectivity index (χ0n) is 21.1. The van der Waals surface area contributed by atoms with E-state index in [1.165, 1.54) is 12.1 Å². The molecule has 10 heteroatoms. The number of hydrogen-bond donors (Lipinski definition) is 1. The fourth-order valence-corrected chi connectivity index (χ4v) is 4.03. The number of rotatable bonds is 6. The number of alkyl halides is 2. The quantitative estimate of drug-likeness (QED) is 0.369. The lowest BCUT2D eigenvalue weighted by atomic mass is 10.1. The molecule has 5 rings (SSSR count). The van der Waals surface area contributed by atoms with Gasteiger partial charge >= 0.3 is 6.61 Å². The minimum Gasteiger partial charge on any atom is -0.493 e. The van der Waals surface area contributed by atoms with Crippen molar-refractivity contribution in [2.45, 2.75) is 38.6 Å². The molecule has 0 saturated carbocycles. The summed E-state index contributed by atoms with van der Waals surface area (Å²) in [5.41, 5.74) is 9.21. The van der Waals surface area contributed by atoms with E-state index in [-0.39, 0.29) is 12.4 Å². The summed E-state index contributed by atoms with van der Waals surface area (Å²) < 4.78 is 49.0. The molecular weight excluding hydrogens is 494 g/mol. The maximum Gasteiger partial charge on any atom is 0.387 e. The first kappa shape index (κ1) is 25.3. The van der Waals surface area contributed by atoms with Crippen molar-refractivity contribution in [3.8, 4) is 34.8 Å². The van der Waals surface area contributed by atoms with Crippen LogP contribution in [0.25, 0.3) is 11.2 Å². The van der Waals surface area contributed by atoms with Crippen molar-refractivity contribution in [1.82, 2.24) is 14.5 Å². The summed E-state index contributed by atoms with van der Waals surface area (Å²) in [6.45, 7) is 1.53. The van der Waals surface area contributed by atoms with Crippen molar-refractivity contribution >= 4 is 11.2 Å². The van der Waals surface area contributed by atoms with Gasteiger partial charge in [0.25, 0.3) is 0 Å². The van der Waals surface area contributed by atoms with E-state index in [1.54, 1.807) is 31.8 Å². The Bertz CT molecular complexity index is 1500. The molecule has 1 aliphatic heterocycles. The molecule has 8 nitrogen and oxygen atoms in total. The van der Waals surface area contributed by atoms with Gasteiger partial charge in [-0.3, -0.25) is 0 Å². The maximum absolute atomic E-state index is 12.4. The first-order chi connectivity index (χ1) is 18.2. The van der Waals surface area contributed by atoms with E-state index >= 15 is 0 Å². The first-order valence-electron chi connectivity index (χ1n) is 11.9. The molecule has 0 amide bonds. The molecule has 2 aromatic heterocycles. The number of halogens is 2. The van der Waals surface area contributed by atoms with Gasteiger partial charge in [0.2, 0.25) is 5.75 Å². The second kappa shape index (κ2) is 10.2. The molecule has 38 heavy (non-hydrogen) atoms. The lowest BCUT2D eigenvalue weighted by Gasteiger charge is -2.28. The van der Waals surface area contributed by atoms with Crippen LogP contribution in [0, 0.1) is 11.8 Å². The summed E-state index contributed by atoms with van der Waals surface area (Å²) >= 11 is 0. The Kier molecular flexibility index (Phi) is 6.78. The monoisotopic (exact) mass is 520 g/mol. The number of benzene rings is 2. The number of pyridine rings is 1. The predicted octanol–water partition coefficient (Wildman–Crippen LogP) is 4.69. The van der Waals surface area contributed by atoms with Gasteiger partial charge in [0.05, 0.1) is 25.5 Å². The molecule has 0 spiro atoms. The van der Waals surface area contributed by atoms with Gasteiger partial charge in [-0.15, -0.1) is 0 Å². The van der Waals surface area contributed by atoms with Crippen LogP contribution in [0.2, 0.25) is 0 Å². The minimum absolute atomic E-state index is 0.0771. The third-order valence-corrected chi connectivity index (χ3v) is 5.77. The second-order valence-corrected chi connectivity index (χ2v) is 9.40. The van der Waals surface area contributed by atoms with Gasteiger partial charge in [-0.1, -0.05) is 24.0 Å². The van der Waals surface area contributed by atoms with E-state index in [9.17, 15) is 8.78 Å². The third-order valence-electron chi connectivity index (χ3n) is 5.77. The summed E-state index contributed by atoms with van der Waals surface area (Å²) in [7, 11) is 1.56. The summed E-state index contributed by atoms with van der Waals surface area (Å²) in [5.74, 6) is 7.65. The van der Waals surface area contributed by atoms with Crippen LogP contribution in [0.3, 0.4) is 0 Å². The number of imidazole rings is 1. The summed E-state index contributed by atoms with van der Waals surface area (Å²) in [5, 5.41) is 0. The smallest absolute Gasteiger partial charge is 0.387 e. The average Bonchev–Trinajstić information content (AvgIpc) is 3.28. The zero-order valence-corrected chi connectivity index (χ0v) is 21.1. The van der Waals surface area contributed by atoms with Crippen LogP contribution in [-0.4, -0.2) is 40.4 Å². The molecular formula is C28H26F2N4O4. The van der Waals surface area contributed by atoms with Crippen molar-refractivity contribution in [3.63, 3.8) is 0 Å².